The highest BCUT2D eigenvalue weighted by Crippen LogP contribution is 2.71. The van der Waals surface area contributed by atoms with E-state index in [4.69, 9.17) is 4.74 Å². The van der Waals surface area contributed by atoms with Crippen molar-refractivity contribution in [3.8, 4) is 0 Å². The number of aliphatic hydroxyl groups excluding tert-OH is 1. The lowest BCUT2D eigenvalue weighted by Gasteiger charge is -2.75. The average Bonchev–Trinajstić information content (AvgIpc) is 3.37. The minimum atomic E-state index is -2.29. The Labute approximate surface area is 241 Å². The molecule has 9 atom stereocenters. The number of aliphatic hydroxyl groups is 3. The second-order valence-corrected chi connectivity index (χ2v) is 14.8. The summed E-state index contributed by atoms with van der Waals surface area (Å²) in [5.41, 5.74) is -0.784. The van der Waals surface area contributed by atoms with Crippen molar-refractivity contribution in [2.45, 2.75) is 108 Å². The number of esters is 1. The third-order valence-electron chi connectivity index (χ3n) is 13.5. The quantitative estimate of drug-likeness (QED) is 0.300. The number of nitrogens with one attached hydrogen (secondary N) is 1. The number of likely N-dealkylation sites (tertiary alicyclic amines) is 1. The largest absolute Gasteiger partial charge is 0.469 e. The van der Waals surface area contributed by atoms with Crippen LogP contribution < -0.4 is 5.32 Å². The number of carbonyl (C=O) groups excluding carboxylic acids is 1. The summed E-state index contributed by atoms with van der Waals surface area (Å²) in [6.07, 6.45) is 10.8. The molecule has 2 aliphatic heterocycles. The van der Waals surface area contributed by atoms with Gasteiger partial charge in [0.15, 0.2) is 5.79 Å². The molecule has 0 bridgehead atoms. The van der Waals surface area contributed by atoms with E-state index in [0.29, 0.717) is 29.6 Å². The predicted molar refractivity (Wildman–Crippen MR) is 153 cm³/mol. The van der Waals surface area contributed by atoms with Crippen LogP contribution in [-0.4, -0.2) is 95.0 Å². The summed E-state index contributed by atoms with van der Waals surface area (Å²) < 4.78 is 4.98. The summed E-state index contributed by atoms with van der Waals surface area (Å²) in [6.45, 7) is 10.0. The van der Waals surface area contributed by atoms with Gasteiger partial charge in [-0.15, -0.1) is 0 Å². The van der Waals surface area contributed by atoms with Crippen LogP contribution in [0, 0.1) is 40.4 Å². The molecule has 0 amide bonds. The molecule has 2 saturated heterocycles. The van der Waals surface area contributed by atoms with E-state index in [9.17, 15) is 20.1 Å². The Kier molecular flexibility index (Phi) is 7.87. The van der Waals surface area contributed by atoms with Gasteiger partial charge in [0.05, 0.1) is 7.11 Å². The molecule has 0 spiro atoms. The fourth-order valence-electron chi connectivity index (χ4n) is 11.9. The minimum absolute atomic E-state index is 0.000576. The molecule has 6 unspecified atom stereocenters. The smallest absolute Gasteiger partial charge is 0.305 e. The monoisotopic (exact) mass is 561 g/mol. The minimum Gasteiger partial charge on any atom is -0.469 e. The number of piperidine rings is 1. The molecule has 40 heavy (non-hydrogen) atoms. The Bertz CT molecular complexity index is 916. The SMILES string of the molecule is COC(=O)CCC1[C@@H]2CCC3C4CCC[C@@]4(C)CCC3[C@@]2(C)C(N2CCCCC2)(N2CCNCC2)C(O)C1(O)O. The zero-order valence-electron chi connectivity index (χ0n) is 25.2. The highest BCUT2D eigenvalue weighted by atomic mass is 16.5. The standard InChI is InChI=1S/C32H55N3O5/c1-29-14-7-8-23(29)22-9-10-25-26(11-12-27(36)40-3)31(38,39)28(37)32(34-18-5-4-6-19-34,35-20-16-33-17-21-35)30(25,2)24(22)13-15-29/h22-26,28,33,37-39H,4-21H2,1-3H3/t22?,23?,24?,25-,26?,28?,29-,30+,32?/m0/s1. The highest BCUT2D eigenvalue weighted by molar-refractivity contribution is 5.69. The lowest BCUT2D eigenvalue weighted by Crippen LogP contribution is -2.87. The van der Waals surface area contributed by atoms with Gasteiger partial charge in [0, 0.05) is 57.0 Å². The third kappa shape index (κ3) is 4.10. The molecule has 228 valence electrons. The van der Waals surface area contributed by atoms with Gasteiger partial charge in [-0.1, -0.05) is 26.7 Å². The third-order valence-corrected chi connectivity index (χ3v) is 13.5. The molecule has 8 nitrogen and oxygen atoms in total. The van der Waals surface area contributed by atoms with Crippen molar-refractivity contribution in [2.24, 2.45) is 40.4 Å². The number of hydrogen-bond donors (Lipinski definition) is 4. The summed E-state index contributed by atoms with van der Waals surface area (Å²) in [5, 5.41) is 40.4. The van der Waals surface area contributed by atoms with E-state index in [-0.39, 0.29) is 23.7 Å². The second-order valence-electron chi connectivity index (χ2n) is 14.8. The van der Waals surface area contributed by atoms with Crippen LogP contribution in [0.2, 0.25) is 0 Å². The van der Waals surface area contributed by atoms with Gasteiger partial charge in [-0.25, -0.2) is 0 Å². The van der Waals surface area contributed by atoms with Crippen LogP contribution in [0.25, 0.3) is 0 Å². The summed E-state index contributed by atoms with van der Waals surface area (Å²) >= 11 is 0. The Hall–Kier alpha value is -0.770. The normalized spacial score (nSPS) is 47.6. The van der Waals surface area contributed by atoms with Crippen LogP contribution in [0.3, 0.4) is 0 Å². The molecule has 4 saturated carbocycles. The van der Waals surface area contributed by atoms with Crippen LogP contribution >= 0.6 is 0 Å². The lowest BCUT2D eigenvalue weighted by atomic mass is 9.39. The second kappa shape index (κ2) is 10.7. The van der Waals surface area contributed by atoms with Gasteiger partial charge >= 0.3 is 5.97 Å². The Morgan fingerprint density at radius 1 is 0.875 bits per heavy atom. The summed E-state index contributed by atoms with van der Waals surface area (Å²) in [6, 6.07) is 0. The molecular weight excluding hydrogens is 506 g/mol. The fraction of sp³-hybridized carbons (Fsp3) is 0.969. The molecule has 2 heterocycles. The fourth-order valence-corrected chi connectivity index (χ4v) is 11.9. The van der Waals surface area contributed by atoms with E-state index >= 15 is 0 Å². The topological polar surface area (TPSA) is 106 Å². The zero-order chi connectivity index (χ0) is 28.3. The molecule has 0 aromatic rings. The number of rotatable bonds is 5. The number of ether oxygens (including phenoxy) is 1. The first-order valence-electron chi connectivity index (χ1n) is 16.5. The first-order chi connectivity index (χ1) is 19.1. The maximum absolute atomic E-state index is 12.7. The summed E-state index contributed by atoms with van der Waals surface area (Å²) in [5.74, 6) is -1.46. The highest BCUT2D eigenvalue weighted by Gasteiger charge is 2.77. The first-order valence-corrected chi connectivity index (χ1v) is 16.5. The number of methoxy groups -OCH3 is 1. The van der Waals surface area contributed by atoms with Crippen LogP contribution in [0.1, 0.15) is 90.9 Å². The van der Waals surface area contributed by atoms with Crippen LogP contribution in [0.15, 0.2) is 0 Å². The van der Waals surface area contributed by atoms with Crippen molar-refractivity contribution in [2.75, 3.05) is 46.4 Å². The molecule has 4 N–H and O–H groups in total. The van der Waals surface area contributed by atoms with Crippen molar-refractivity contribution >= 4 is 5.97 Å². The van der Waals surface area contributed by atoms with Gasteiger partial charge in [0.25, 0.3) is 0 Å². The van der Waals surface area contributed by atoms with Gasteiger partial charge in [0.2, 0.25) is 0 Å². The number of piperazine rings is 1. The van der Waals surface area contributed by atoms with E-state index in [1.54, 1.807) is 0 Å². The van der Waals surface area contributed by atoms with E-state index < -0.39 is 23.5 Å². The number of fused-ring (bicyclic) bond motifs is 5. The van der Waals surface area contributed by atoms with Gasteiger partial charge in [-0.3, -0.25) is 14.6 Å². The Morgan fingerprint density at radius 3 is 2.27 bits per heavy atom. The molecule has 6 fully saturated rings. The molecule has 0 radical (unpaired) electrons. The van der Waals surface area contributed by atoms with Gasteiger partial charge in [0.1, 0.15) is 11.8 Å². The molecule has 6 rings (SSSR count). The van der Waals surface area contributed by atoms with Crippen molar-refractivity contribution in [3.05, 3.63) is 0 Å². The van der Waals surface area contributed by atoms with Gasteiger partial charge < -0.3 is 25.4 Å². The van der Waals surface area contributed by atoms with Crippen LogP contribution in [0.5, 0.6) is 0 Å². The summed E-state index contributed by atoms with van der Waals surface area (Å²) in [4.78, 5) is 17.3. The van der Waals surface area contributed by atoms with Crippen molar-refractivity contribution < 1.29 is 24.9 Å². The van der Waals surface area contributed by atoms with Gasteiger partial charge in [-0.05, 0) is 86.9 Å². The maximum atomic E-state index is 12.7. The summed E-state index contributed by atoms with van der Waals surface area (Å²) in [7, 11) is 1.39. The molecule has 8 heteroatoms. The zero-order valence-corrected chi connectivity index (χ0v) is 25.2. The van der Waals surface area contributed by atoms with E-state index in [1.165, 1.54) is 39.2 Å². The predicted octanol–water partition coefficient (Wildman–Crippen LogP) is 2.95. The van der Waals surface area contributed by atoms with E-state index in [1.807, 2.05) is 0 Å². The Morgan fingerprint density at radius 2 is 1.57 bits per heavy atom. The molecular formula is C32H55N3O5. The molecule has 4 aliphatic carbocycles. The molecule has 6 aliphatic rings. The molecule has 0 aromatic heterocycles. The molecule has 0 aromatic carbocycles. The van der Waals surface area contributed by atoms with Crippen molar-refractivity contribution in [3.63, 3.8) is 0 Å². The average molecular weight is 562 g/mol. The number of nitrogens with zero attached hydrogens (tertiary/aromatic N) is 2. The lowest BCUT2D eigenvalue weighted by molar-refractivity contribution is -0.394. The van der Waals surface area contributed by atoms with Crippen LogP contribution in [-0.2, 0) is 9.53 Å². The number of hydrogen-bond acceptors (Lipinski definition) is 8. The maximum Gasteiger partial charge on any atom is 0.305 e. The van der Waals surface area contributed by atoms with Crippen molar-refractivity contribution in [1.82, 2.24) is 15.1 Å². The number of carbonyl (C=O) groups is 1. The Balaban J connectivity index is 1.52. The van der Waals surface area contributed by atoms with E-state index in [0.717, 1.165) is 71.4 Å². The van der Waals surface area contributed by atoms with Crippen molar-refractivity contribution in [1.29, 1.82) is 0 Å². The first kappa shape index (κ1) is 29.3. The van der Waals surface area contributed by atoms with E-state index in [2.05, 4.69) is 29.0 Å². The van der Waals surface area contributed by atoms with Gasteiger partial charge in [-0.2, -0.15) is 0 Å². The van der Waals surface area contributed by atoms with Crippen LogP contribution in [0.4, 0.5) is 0 Å².